The lowest BCUT2D eigenvalue weighted by Gasteiger charge is -2.13. The molecule has 18 heavy (non-hydrogen) atoms. The second-order valence-electron chi connectivity index (χ2n) is 3.28. The molecule has 0 saturated carbocycles. The van der Waals surface area contributed by atoms with Gasteiger partial charge in [0.25, 0.3) is 0 Å². The van der Waals surface area contributed by atoms with E-state index in [0.29, 0.717) is 12.5 Å². The van der Waals surface area contributed by atoms with Crippen LogP contribution in [0.15, 0.2) is 16.7 Å². The molecule has 0 aliphatic carbocycles. The quantitative estimate of drug-likeness (QED) is 0.631. The summed E-state index contributed by atoms with van der Waals surface area (Å²) in [7, 11) is 0. The number of hydrogen-bond donors (Lipinski definition) is 1. The second-order valence-corrected chi connectivity index (χ2v) is 4.57. The molecule has 1 rings (SSSR count). The van der Waals surface area contributed by atoms with E-state index in [1.54, 1.807) is 0 Å². The highest BCUT2D eigenvalue weighted by atomic mass is 79.9. The van der Waals surface area contributed by atoms with Crippen molar-refractivity contribution in [3.8, 4) is 0 Å². The first-order valence-corrected chi connectivity index (χ1v) is 6.38. The summed E-state index contributed by atoms with van der Waals surface area (Å²) in [5, 5.41) is 2.59. The summed E-state index contributed by atoms with van der Waals surface area (Å²) in [5.41, 5.74) is -0.811. The standard InChI is InChI=1S/C10H11BrClF3N2O/c11-7-5-8(10(13,14)15)9(17-6-7)16-2-4-18-3-1-12/h5-6H,1-4H2,(H,16,17). The van der Waals surface area contributed by atoms with Crippen molar-refractivity contribution in [3.05, 3.63) is 22.3 Å². The average Bonchev–Trinajstić information content (AvgIpc) is 2.29. The highest BCUT2D eigenvalue weighted by Crippen LogP contribution is 2.35. The Kier molecular flexibility index (Phi) is 6.17. The molecule has 1 aromatic heterocycles. The maximum absolute atomic E-state index is 12.7. The van der Waals surface area contributed by atoms with Gasteiger partial charge in [0.15, 0.2) is 0 Å². The summed E-state index contributed by atoms with van der Waals surface area (Å²) in [6.45, 7) is 0.861. The van der Waals surface area contributed by atoms with Gasteiger partial charge in [-0.15, -0.1) is 11.6 Å². The molecule has 1 heterocycles. The van der Waals surface area contributed by atoms with Crippen molar-refractivity contribution in [2.24, 2.45) is 0 Å². The maximum atomic E-state index is 12.7. The third-order valence-corrected chi connectivity index (χ3v) is 2.51. The highest BCUT2D eigenvalue weighted by Gasteiger charge is 2.34. The van der Waals surface area contributed by atoms with E-state index in [1.807, 2.05) is 0 Å². The fourth-order valence-electron chi connectivity index (χ4n) is 1.19. The molecule has 102 valence electrons. The molecule has 1 aromatic rings. The zero-order valence-electron chi connectivity index (χ0n) is 9.23. The van der Waals surface area contributed by atoms with Gasteiger partial charge >= 0.3 is 6.18 Å². The molecule has 0 aliphatic heterocycles. The third kappa shape index (κ3) is 4.99. The molecule has 0 saturated heterocycles. The lowest BCUT2D eigenvalue weighted by Crippen LogP contribution is -2.16. The summed E-state index contributed by atoms with van der Waals surface area (Å²) in [5.74, 6) is 0.143. The van der Waals surface area contributed by atoms with E-state index < -0.39 is 11.7 Å². The number of nitrogens with zero attached hydrogens (tertiary/aromatic N) is 1. The first-order valence-electron chi connectivity index (χ1n) is 5.05. The van der Waals surface area contributed by atoms with E-state index >= 15 is 0 Å². The molecular formula is C10H11BrClF3N2O. The van der Waals surface area contributed by atoms with Gasteiger partial charge in [-0.05, 0) is 22.0 Å². The van der Waals surface area contributed by atoms with Gasteiger partial charge in [-0.3, -0.25) is 0 Å². The highest BCUT2D eigenvalue weighted by molar-refractivity contribution is 9.10. The van der Waals surface area contributed by atoms with Crippen molar-refractivity contribution in [1.29, 1.82) is 0 Å². The van der Waals surface area contributed by atoms with Crippen LogP contribution < -0.4 is 5.32 Å². The van der Waals surface area contributed by atoms with Crippen molar-refractivity contribution < 1.29 is 17.9 Å². The predicted octanol–water partition coefficient (Wildman–Crippen LogP) is 3.53. The first kappa shape index (κ1) is 15.5. The molecule has 0 radical (unpaired) electrons. The molecule has 3 nitrogen and oxygen atoms in total. The summed E-state index contributed by atoms with van der Waals surface area (Å²) in [6.07, 6.45) is -3.15. The van der Waals surface area contributed by atoms with E-state index in [4.69, 9.17) is 16.3 Å². The molecule has 0 fully saturated rings. The Bertz CT molecular complexity index is 390. The zero-order chi connectivity index (χ0) is 13.6. The van der Waals surface area contributed by atoms with Crippen LogP contribution in [0.25, 0.3) is 0 Å². The van der Waals surface area contributed by atoms with Gasteiger partial charge in [0.1, 0.15) is 5.82 Å². The van der Waals surface area contributed by atoms with Crippen molar-refractivity contribution in [2.45, 2.75) is 6.18 Å². The average molecular weight is 348 g/mol. The van der Waals surface area contributed by atoms with Crippen molar-refractivity contribution >= 4 is 33.3 Å². The summed E-state index contributed by atoms with van der Waals surface area (Å²) < 4.78 is 43.4. The maximum Gasteiger partial charge on any atom is 0.419 e. The van der Waals surface area contributed by atoms with E-state index in [9.17, 15) is 13.2 Å². The Balaban J connectivity index is 2.65. The van der Waals surface area contributed by atoms with Gasteiger partial charge < -0.3 is 10.1 Å². The number of alkyl halides is 4. The lowest BCUT2D eigenvalue weighted by atomic mass is 10.2. The minimum absolute atomic E-state index is 0.208. The number of anilines is 1. The Morgan fingerprint density at radius 1 is 1.39 bits per heavy atom. The number of hydrogen-bond acceptors (Lipinski definition) is 3. The predicted molar refractivity (Wildman–Crippen MR) is 67.0 cm³/mol. The summed E-state index contributed by atoms with van der Waals surface area (Å²) in [6, 6.07) is 0.981. The number of rotatable bonds is 6. The zero-order valence-corrected chi connectivity index (χ0v) is 11.6. The topological polar surface area (TPSA) is 34.2 Å². The molecule has 8 heteroatoms. The molecular weight excluding hydrogens is 336 g/mol. The smallest absolute Gasteiger partial charge is 0.378 e. The van der Waals surface area contributed by atoms with Crippen LogP contribution in [-0.4, -0.2) is 30.6 Å². The molecule has 0 aromatic carbocycles. The third-order valence-electron chi connectivity index (χ3n) is 1.92. The minimum Gasteiger partial charge on any atom is -0.378 e. The SMILES string of the molecule is FC(F)(F)c1cc(Br)cnc1NCCOCCCl. The molecule has 0 aliphatic rings. The molecule has 0 spiro atoms. The van der Waals surface area contributed by atoms with Crippen LogP contribution in [0.2, 0.25) is 0 Å². The Morgan fingerprint density at radius 3 is 2.72 bits per heavy atom. The monoisotopic (exact) mass is 346 g/mol. The van der Waals surface area contributed by atoms with Crippen molar-refractivity contribution in [2.75, 3.05) is 31.0 Å². The lowest BCUT2D eigenvalue weighted by molar-refractivity contribution is -0.137. The van der Waals surface area contributed by atoms with Crippen LogP contribution in [0.3, 0.4) is 0 Å². The number of aromatic nitrogens is 1. The number of halogens is 5. The first-order chi connectivity index (χ1) is 8.45. The van der Waals surface area contributed by atoms with Crippen LogP contribution in [0.5, 0.6) is 0 Å². The Labute approximate surface area is 116 Å². The molecule has 0 atom stereocenters. The van der Waals surface area contributed by atoms with Crippen LogP contribution >= 0.6 is 27.5 Å². The van der Waals surface area contributed by atoms with Crippen LogP contribution in [-0.2, 0) is 10.9 Å². The molecule has 1 N–H and O–H groups in total. The summed E-state index contributed by atoms with van der Waals surface area (Å²) >= 11 is 8.35. The minimum atomic E-state index is -4.45. The van der Waals surface area contributed by atoms with E-state index in [0.717, 1.165) is 6.07 Å². The van der Waals surface area contributed by atoms with Gasteiger partial charge in [-0.25, -0.2) is 4.98 Å². The largest absolute Gasteiger partial charge is 0.419 e. The molecule has 0 amide bonds. The Morgan fingerprint density at radius 2 is 2.11 bits per heavy atom. The van der Waals surface area contributed by atoms with Crippen LogP contribution in [0.1, 0.15) is 5.56 Å². The van der Waals surface area contributed by atoms with Gasteiger partial charge in [0.2, 0.25) is 0 Å². The molecule has 0 unspecified atom stereocenters. The number of pyridine rings is 1. The van der Waals surface area contributed by atoms with Gasteiger partial charge in [0, 0.05) is 23.1 Å². The van der Waals surface area contributed by atoms with Gasteiger partial charge in [-0.1, -0.05) is 0 Å². The number of nitrogens with one attached hydrogen (secondary N) is 1. The fraction of sp³-hybridized carbons (Fsp3) is 0.500. The van der Waals surface area contributed by atoms with Gasteiger partial charge in [0.05, 0.1) is 18.8 Å². The van der Waals surface area contributed by atoms with Crippen molar-refractivity contribution in [1.82, 2.24) is 4.98 Å². The normalized spacial score (nSPS) is 11.6. The Hall–Kier alpha value is -0.530. The molecule has 0 bridgehead atoms. The van der Waals surface area contributed by atoms with Gasteiger partial charge in [-0.2, -0.15) is 13.2 Å². The van der Waals surface area contributed by atoms with E-state index in [-0.39, 0.29) is 23.4 Å². The van der Waals surface area contributed by atoms with E-state index in [2.05, 4.69) is 26.2 Å². The van der Waals surface area contributed by atoms with Crippen molar-refractivity contribution in [3.63, 3.8) is 0 Å². The van der Waals surface area contributed by atoms with Crippen LogP contribution in [0.4, 0.5) is 19.0 Å². The van der Waals surface area contributed by atoms with E-state index in [1.165, 1.54) is 6.20 Å². The fourth-order valence-corrected chi connectivity index (χ4v) is 1.63. The second kappa shape index (κ2) is 7.16. The van der Waals surface area contributed by atoms with Crippen LogP contribution in [0, 0.1) is 0 Å². The summed E-state index contributed by atoms with van der Waals surface area (Å²) in [4.78, 5) is 3.70. The number of ether oxygens (including phenoxy) is 1.